The molecule has 1 N–H and O–H groups in total. The van der Waals surface area contributed by atoms with Crippen LogP contribution in [0.25, 0.3) is 0 Å². The molecule has 1 saturated heterocycles. The molecule has 1 aromatic carbocycles. The second-order valence-corrected chi connectivity index (χ2v) is 10.4. The van der Waals surface area contributed by atoms with Crippen LogP contribution in [0.5, 0.6) is 0 Å². The third-order valence-corrected chi connectivity index (χ3v) is 6.92. The fourth-order valence-corrected chi connectivity index (χ4v) is 4.92. The number of aliphatic hydroxyl groups is 1. The number of aryl methyl sites for hydroxylation is 2. The molecule has 2 aliphatic rings. The predicted octanol–water partition coefficient (Wildman–Crippen LogP) is 5.12. The molecule has 28 heavy (non-hydrogen) atoms. The van der Waals surface area contributed by atoms with Gasteiger partial charge in [0.15, 0.2) is 0 Å². The largest absolute Gasteiger partial charge is 0.444 e. The van der Waals surface area contributed by atoms with Gasteiger partial charge in [-0.15, -0.1) is 0 Å². The molecular weight excluding hydrogens is 350 g/mol. The normalized spacial score (nSPS) is 31.1. The van der Waals surface area contributed by atoms with E-state index in [1.54, 1.807) is 0 Å². The van der Waals surface area contributed by atoms with Crippen LogP contribution in [0.2, 0.25) is 0 Å². The monoisotopic (exact) mass is 387 g/mol. The van der Waals surface area contributed by atoms with Crippen LogP contribution in [0.3, 0.4) is 0 Å². The van der Waals surface area contributed by atoms with Gasteiger partial charge >= 0.3 is 6.09 Å². The van der Waals surface area contributed by atoms with E-state index in [1.807, 2.05) is 32.6 Å². The van der Waals surface area contributed by atoms with Crippen LogP contribution in [0.15, 0.2) is 18.2 Å². The molecule has 1 aliphatic heterocycles. The van der Waals surface area contributed by atoms with Gasteiger partial charge < -0.3 is 14.7 Å². The van der Waals surface area contributed by atoms with Crippen molar-refractivity contribution in [1.29, 1.82) is 0 Å². The van der Waals surface area contributed by atoms with Crippen molar-refractivity contribution in [3.8, 4) is 0 Å². The maximum atomic E-state index is 12.6. The Hall–Kier alpha value is -1.55. The maximum Gasteiger partial charge on any atom is 0.410 e. The van der Waals surface area contributed by atoms with Crippen molar-refractivity contribution in [2.24, 2.45) is 5.92 Å². The van der Waals surface area contributed by atoms with Crippen LogP contribution in [0.4, 0.5) is 4.79 Å². The summed E-state index contributed by atoms with van der Waals surface area (Å²) in [6.07, 6.45) is 4.35. The third-order valence-electron chi connectivity index (χ3n) is 6.92. The minimum atomic E-state index is -0.577. The summed E-state index contributed by atoms with van der Waals surface area (Å²) >= 11 is 0. The Balaban J connectivity index is 1.86. The van der Waals surface area contributed by atoms with Gasteiger partial charge in [-0.25, -0.2) is 4.79 Å². The average Bonchev–Trinajstić information content (AvgIpc) is 3.07. The number of likely N-dealkylation sites (tertiary alicyclic amines) is 1. The van der Waals surface area contributed by atoms with Gasteiger partial charge in [-0.1, -0.05) is 18.2 Å². The number of hydrogen-bond acceptors (Lipinski definition) is 3. The molecular formula is C24H37NO3. The summed E-state index contributed by atoms with van der Waals surface area (Å²) in [5, 5.41) is 10.6. The highest BCUT2D eigenvalue weighted by Gasteiger charge is 2.48. The second kappa shape index (κ2) is 7.37. The Kier molecular flexibility index (Phi) is 5.57. The topological polar surface area (TPSA) is 49.8 Å². The zero-order chi connectivity index (χ0) is 20.7. The van der Waals surface area contributed by atoms with E-state index in [0.29, 0.717) is 5.92 Å². The predicted molar refractivity (Wildman–Crippen MR) is 113 cm³/mol. The van der Waals surface area contributed by atoms with Gasteiger partial charge in [0.2, 0.25) is 0 Å². The van der Waals surface area contributed by atoms with Gasteiger partial charge in [0.05, 0.1) is 5.60 Å². The van der Waals surface area contributed by atoms with Crippen LogP contribution in [0, 0.1) is 19.8 Å². The quantitative estimate of drug-likeness (QED) is 0.766. The molecule has 2 fully saturated rings. The molecule has 0 unspecified atom stereocenters. The van der Waals surface area contributed by atoms with Crippen molar-refractivity contribution in [1.82, 2.24) is 4.90 Å². The van der Waals surface area contributed by atoms with Gasteiger partial charge in [0.1, 0.15) is 5.60 Å². The summed E-state index contributed by atoms with van der Waals surface area (Å²) in [5.74, 6) is 0.401. The van der Waals surface area contributed by atoms with Gasteiger partial charge in [0.25, 0.3) is 0 Å². The third kappa shape index (κ3) is 4.37. The highest BCUT2D eigenvalue weighted by Crippen LogP contribution is 2.50. The van der Waals surface area contributed by atoms with Gasteiger partial charge in [-0.2, -0.15) is 0 Å². The number of amides is 1. The number of hydrogen-bond donors (Lipinski definition) is 1. The number of benzene rings is 1. The van der Waals surface area contributed by atoms with E-state index in [9.17, 15) is 9.90 Å². The first-order valence-corrected chi connectivity index (χ1v) is 10.7. The molecule has 1 heterocycles. The molecule has 0 bridgehead atoms. The minimum Gasteiger partial charge on any atom is -0.444 e. The van der Waals surface area contributed by atoms with Crippen LogP contribution < -0.4 is 0 Å². The van der Waals surface area contributed by atoms with Crippen molar-refractivity contribution in [2.45, 2.75) is 90.3 Å². The molecule has 1 aliphatic carbocycles. The number of nitrogens with zero attached hydrogens (tertiary/aromatic N) is 1. The lowest BCUT2D eigenvalue weighted by Crippen LogP contribution is -2.45. The molecule has 1 amide bonds. The molecule has 3 rings (SSSR count). The first kappa shape index (κ1) is 21.2. The molecule has 156 valence electrons. The van der Waals surface area contributed by atoms with E-state index in [4.69, 9.17) is 4.74 Å². The maximum absolute atomic E-state index is 12.6. The highest BCUT2D eigenvalue weighted by atomic mass is 16.6. The fraction of sp³-hybridized carbons (Fsp3) is 0.708. The molecule has 4 heteroatoms. The van der Waals surface area contributed by atoms with E-state index in [0.717, 1.165) is 45.2 Å². The lowest BCUT2D eigenvalue weighted by molar-refractivity contribution is -0.0125. The van der Waals surface area contributed by atoms with Crippen LogP contribution >= 0.6 is 0 Å². The number of carbonyl (C=O) groups excluding carboxylic acids is 1. The average molecular weight is 388 g/mol. The second-order valence-electron chi connectivity index (χ2n) is 10.4. The summed E-state index contributed by atoms with van der Waals surface area (Å²) < 4.78 is 5.61. The van der Waals surface area contributed by atoms with Crippen LogP contribution in [-0.2, 0) is 10.2 Å². The summed E-state index contributed by atoms with van der Waals surface area (Å²) in [6, 6.07) is 6.84. The van der Waals surface area contributed by atoms with Crippen LogP contribution in [0.1, 0.15) is 76.5 Å². The molecule has 0 radical (unpaired) electrons. The van der Waals surface area contributed by atoms with Crippen LogP contribution in [-0.4, -0.2) is 40.4 Å². The number of carbonyl (C=O) groups is 1. The lowest BCUT2D eigenvalue weighted by Gasteiger charge is -2.47. The Morgan fingerprint density at radius 2 is 1.79 bits per heavy atom. The molecule has 4 nitrogen and oxygen atoms in total. The standard InChI is InChI=1S/C24H37NO3/c1-17-7-8-19(15-18(17)2)24(12-10-23(6,27)11-13-24)20-9-14-25(16-20)21(26)28-22(3,4)5/h7-8,15,20,27H,9-14,16H2,1-6H3/t20-,23?,24?/m1/s1. The summed E-state index contributed by atoms with van der Waals surface area (Å²) in [5.41, 5.74) is 2.98. The molecule has 0 spiro atoms. The smallest absolute Gasteiger partial charge is 0.410 e. The van der Waals surface area contributed by atoms with E-state index in [1.165, 1.54) is 16.7 Å². The lowest BCUT2D eigenvalue weighted by atomic mass is 9.59. The molecule has 1 atom stereocenters. The van der Waals surface area contributed by atoms with E-state index >= 15 is 0 Å². The zero-order valence-electron chi connectivity index (χ0n) is 18.5. The Morgan fingerprint density at radius 1 is 1.14 bits per heavy atom. The zero-order valence-corrected chi connectivity index (χ0v) is 18.5. The number of ether oxygens (including phenoxy) is 1. The first-order valence-electron chi connectivity index (χ1n) is 10.7. The summed E-state index contributed by atoms with van der Waals surface area (Å²) in [7, 11) is 0. The first-order chi connectivity index (χ1) is 12.9. The SMILES string of the molecule is Cc1ccc(C2([C@@H]3CCN(C(=O)OC(C)(C)C)C3)CCC(C)(O)CC2)cc1C. The molecule has 1 saturated carbocycles. The highest BCUT2D eigenvalue weighted by molar-refractivity contribution is 5.68. The van der Waals surface area contributed by atoms with Gasteiger partial charge in [-0.05, 0) is 96.3 Å². The molecule has 0 aromatic heterocycles. The van der Waals surface area contributed by atoms with E-state index in [2.05, 4.69) is 32.0 Å². The van der Waals surface area contributed by atoms with E-state index in [-0.39, 0.29) is 11.5 Å². The van der Waals surface area contributed by atoms with Crippen molar-refractivity contribution in [2.75, 3.05) is 13.1 Å². The Labute approximate surface area is 170 Å². The van der Waals surface area contributed by atoms with E-state index < -0.39 is 11.2 Å². The van der Waals surface area contributed by atoms with Crippen molar-refractivity contribution in [3.63, 3.8) is 0 Å². The van der Waals surface area contributed by atoms with Crippen molar-refractivity contribution >= 4 is 6.09 Å². The summed E-state index contributed by atoms with van der Waals surface area (Å²) in [6.45, 7) is 13.5. The number of rotatable bonds is 2. The fourth-order valence-electron chi connectivity index (χ4n) is 4.92. The van der Waals surface area contributed by atoms with Gasteiger partial charge in [-0.3, -0.25) is 0 Å². The molecule has 1 aromatic rings. The minimum absolute atomic E-state index is 0.0253. The van der Waals surface area contributed by atoms with Crippen molar-refractivity contribution < 1.29 is 14.6 Å². The Morgan fingerprint density at radius 3 is 2.36 bits per heavy atom. The Bertz CT molecular complexity index is 722. The van der Waals surface area contributed by atoms with Crippen molar-refractivity contribution in [3.05, 3.63) is 34.9 Å². The van der Waals surface area contributed by atoms with Gasteiger partial charge in [0, 0.05) is 18.5 Å². The summed E-state index contributed by atoms with van der Waals surface area (Å²) in [4.78, 5) is 14.5.